The Bertz CT molecular complexity index is 1200. The molecule has 2 heterocycles. The molecule has 0 aliphatic heterocycles. The molecule has 4 rings (SSSR count). The summed E-state index contributed by atoms with van der Waals surface area (Å²) in [5.74, 6) is 0. The molecule has 0 amide bonds. The molecule has 29 heavy (non-hydrogen) atoms. The molecule has 0 saturated heterocycles. The topological polar surface area (TPSA) is 12.9 Å². The van der Waals surface area contributed by atoms with Gasteiger partial charge in [0.05, 0.1) is 10.4 Å². The highest BCUT2D eigenvalue weighted by Crippen LogP contribution is 2.41. The first-order valence-electron chi connectivity index (χ1n) is 10.5. The molecule has 4 aromatic rings. The first-order chi connectivity index (χ1) is 13.5. The molecule has 0 N–H and O–H groups in total. The average Bonchev–Trinajstić information content (AvgIpc) is 2.94. The largest absolute Gasteiger partial charge is 0.255 e. The number of benzene rings is 2. The van der Waals surface area contributed by atoms with Crippen molar-refractivity contribution in [3.8, 4) is 11.3 Å². The third-order valence-electron chi connectivity index (χ3n) is 5.59. The summed E-state index contributed by atoms with van der Waals surface area (Å²) in [6.07, 6.45) is 3.08. The number of fused-ring (bicyclic) bond motifs is 2. The van der Waals surface area contributed by atoms with Crippen molar-refractivity contribution in [1.82, 2.24) is 4.98 Å². The Kier molecular flexibility index (Phi) is 4.82. The summed E-state index contributed by atoms with van der Waals surface area (Å²) in [7, 11) is 0. The van der Waals surface area contributed by atoms with Crippen LogP contribution in [0.15, 0.2) is 48.7 Å². The molecule has 2 aromatic carbocycles. The van der Waals surface area contributed by atoms with E-state index in [2.05, 4.69) is 90.9 Å². The zero-order chi connectivity index (χ0) is 21.0. The Morgan fingerprint density at radius 2 is 1.62 bits per heavy atom. The molecule has 2 heteroatoms. The van der Waals surface area contributed by atoms with Gasteiger partial charge < -0.3 is 0 Å². The second-order valence-electron chi connectivity index (χ2n) is 10.4. The van der Waals surface area contributed by atoms with E-state index in [1.54, 1.807) is 0 Å². The van der Waals surface area contributed by atoms with Gasteiger partial charge in [0.15, 0.2) is 0 Å². The molecule has 0 spiro atoms. The monoisotopic (exact) mass is 401 g/mol. The van der Waals surface area contributed by atoms with E-state index in [1.807, 2.05) is 17.5 Å². The summed E-state index contributed by atoms with van der Waals surface area (Å²) in [5.41, 5.74) is 5.50. The van der Waals surface area contributed by atoms with Crippen LogP contribution in [0.3, 0.4) is 0 Å². The lowest BCUT2D eigenvalue weighted by molar-refractivity contribution is 0.414. The van der Waals surface area contributed by atoms with Crippen LogP contribution < -0.4 is 0 Å². The van der Waals surface area contributed by atoms with Crippen molar-refractivity contribution in [2.75, 3.05) is 0 Å². The van der Waals surface area contributed by atoms with E-state index < -0.39 is 0 Å². The molecule has 0 aliphatic carbocycles. The lowest BCUT2D eigenvalue weighted by Crippen LogP contribution is -2.12. The standard InChI is InChI=1S/C27H31NS/c1-17-20-12-13-28-24(25(20)29-23(17)16-26(2,3)4)19-14-18-10-8-9-11-21(18)22(15-19)27(5,6)7/h8-15H,16H2,1-7H3. The number of rotatable bonds is 2. The molecular weight excluding hydrogens is 370 g/mol. The number of nitrogens with zero attached hydrogens (tertiary/aromatic N) is 1. The van der Waals surface area contributed by atoms with Crippen molar-refractivity contribution in [3.05, 3.63) is 64.7 Å². The van der Waals surface area contributed by atoms with Gasteiger partial charge in [0.1, 0.15) is 0 Å². The Balaban J connectivity index is 1.98. The summed E-state index contributed by atoms with van der Waals surface area (Å²) < 4.78 is 1.32. The fourth-order valence-corrected chi connectivity index (χ4v) is 5.73. The molecule has 0 aliphatic rings. The normalized spacial score (nSPS) is 12.8. The van der Waals surface area contributed by atoms with Crippen molar-refractivity contribution in [2.45, 2.75) is 60.3 Å². The van der Waals surface area contributed by atoms with Crippen molar-refractivity contribution in [1.29, 1.82) is 0 Å². The highest BCUT2D eigenvalue weighted by Gasteiger charge is 2.21. The van der Waals surface area contributed by atoms with Crippen LogP contribution in [0.1, 0.15) is 57.5 Å². The minimum Gasteiger partial charge on any atom is -0.255 e. The van der Waals surface area contributed by atoms with Crippen LogP contribution in [0.2, 0.25) is 0 Å². The first kappa shape index (κ1) is 20.1. The van der Waals surface area contributed by atoms with Crippen LogP contribution in [0.25, 0.3) is 32.1 Å². The molecule has 2 aromatic heterocycles. The summed E-state index contributed by atoms with van der Waals surface area (Å²) in [6, 6.07) is 15.6. The van der Waals surface area contributed by atoms with Gasteiger partial charge in [-0.1, -0.05) is 65.8 Å². The summed E-state index contributed by atoms with van der Waals surface area (Å²) in [4.78, 5) is 6.35. The number of pyridine rings is 1. The summed E-state index contributed by atoms with van der Waals surface area (Å²) in [6.45, 7) is 16.1. The first-order valence-corrected chi connectivity index (χ1v) is 11.3. The van der Waals surface area contributed by atoms with E-state index in [9.17, 15) is 0 Å². The molecule has 1 nitrogen and oxygen atoms in total. The van der Waals surface area contributed by atoms with Gasteiger partial charge >= 0.3 is 0 Å². The molecule has 0 radical (unpaired) electrons. The van der Waals surface area contributed by atoms with Crippen molar-refractivity contribution in [2.24, 2.45) is 5.41 Å². The van der Waals surface area contributed by atoms with Crippen LogP contribution in [-0.4, -0.2) is 4.98 Å². The van der Waals surface area contributed by atoms with Gasteiger partial charge in [-0.05, 0) is 69.7 Å². The average molecular weight is 402 g/mol. The van der Waals surface area contributed by atoms with Gasteiger partial charge in [-0.3, -0.25) is 4.98 Å². The predicted molar refractivity (Wildman–Crippen MR) is 129 cm³/mol. The molecule has 0 fully saturated rings. The minimum absolute atomic E-state index is 0.0757. The van der Waals surface area contributed by atoms with Crippen LogP contribution in [-0.2, 0) is 11.8 Å². The van der Waals surface area contributed by atoms with Crippen molar-refractivity contribution < 1.29 is 0 Å². The second kappa shape index (κ2) is 6.95. The molecule has 0 atom stereocenters. The van der Waals surface area contributed by atoms with Gasteiger partial charge in [-0.2, -0.15) is 0 Å². The van der Waals surface area contributed by atoms with E-state index in [4.69, 9.17) is 4.98 Å². The van der Waals surface area contributed by atoms with Gasteiger partial charge in [-0.25, -0.2) is 0 Å². The highest BCUT2D eigenvalue weighted by molar-refractivity contribution is 7.19. The predicted octanol–water partition coefficient (Wildman–Crippen LogP) is 8.31. The maximum absolute atomic E-state index is 4.87. The smallest absolute Gasteiger partial charge is 0.0880 e. The van der Waals surface area contributed by atoms with Gasteiger partial charge in [0.25, 0.3) is 0 Å². The molecule has 0 saturated carbocycles. The zero-order valence-corrected chi connectivity index (χ0v) is 19.5. The van der Waals surface area contributed by atoms with Crippen LogP contribution >= 0.6 is 11.3 Å². The SMILES string of the molecule is Cc1c(CC(C)(C)C)sc2c(-c3cc(C(C)(C)C)c4ccccc4c3)nccc12. The third kappa shape index (κ3) is 3.83. The van der Waals surface area contributed by atoms with E-state index in [-0.39, 0.29) is 10.8 Å². The zero-order valence-electron chi connectivity index (χ0n) is 18.7. The van der Waals surface area contributed by atoms with Gasteiger partial charge in [0.2, 0.25) is 0 Å². The summed E-state index contributed by atoms with van der Waals surface area (Å²) >= 11 is 1.93. The lowest BCUT2D eigenvalue weighted by atomic mass is 9.82. The van der Waals surface area contributed by atoms with Crippen molar-refractivity contribution >= 4 is 32.2 Å². The Labute approximate surface area is 178 Å². The minimum atomic E-state index is 0.0757. The lowest BCUT2D eigenvalue weighted by Gasteiger charge is -2.22. The number of thiophene rings is 1. The van der Waals surface area contributed by atoms with Gasteiger partial charge in [-0.15, -0.1) is 11.3 Å². The van der Waals surface area contributed by atoms with Crippen LogP contribution in [0.4, 0.5) is 0 Å². The van der Waals surface area contributed by atoms with E-state index >= 15 is 0 Å². The second-order valence-corrected chi connectivity index (χ2v) is 11.5. The Morgan fingerprint density at radius 3 is 2.31 bits per heavy atom. The summed E-state index contributed by atoms with van der Waals surface area (Å²) in [5, 5.41) is 3.98. The molecule has 150 valence electrons. The Morgan fingerprint density at radius 1 is 0.897 bits per heavy atom. The van der Waals surface area contributed by atoms with E-state index in [0.717, 1.165) is 12.1 Å². The fraction of sp³-hybridized carbons (Fsp3) is 0.370. The number of hydrogen-bond donors (Lipinski definition) is 0. The number of hydrogen-bond acceptors (Lipinski definition) is 2. The maximum atomic E-state index is 4.87. The van der Waals surface area contributed by atoms with E-state index in [0.29, 0.717) is 0 Å². The molecule has 0 bridgehead atoms. The molecular formula is C27H31NS. The van der Waals surface area contributed by atoms with Crippen LogP contribution in [0, 0.1) is 12.3 Å². The van der Waals surface area contributed by atoms with Crippen molar-refractivity contribution in [3.63, 3.8) is 0 Å². The number of aromatic nitrogens is 1. The van der Waals surface area contributed by atoms with Crippen LogP contribution in [0.5, 0.6) is 0 Å². The Hall–Kier alpha value is -2.19. The highest BCUT2D eigenvalue weighted by atomic mass is 32.1. The quantitative estimate of drug-likeness (QED) is 0.329. The fourth-order valence-electron chi connectivity index (χ4n) is 4.12. The van der Waals surface area contributed by atoms with E-state index in [1.165, 1.54) is 42.4 Å². The maximum Gasteiger partial charge on any atom is 0.0880 e. The van der Waals surface area contributed by atoms with Gasteiger partial charge in [0, 0.05) is 16.6 Å². The number of aryl methyl sites for hydroxylation is 1. The molecule has 0 unspecified atom stereocenters. The third-order valence-corrected chi connectivity index (χ3v) is 6.90.